The zero-order valence-corrected chi connectivity index (χ0v) is 13.2. The van der Waals surface area contributed by atoms with Gasteiger partial charge in [-0.05, 0) is 52.7 Å². The van der Waals surface area contributed by atoms with Crippen LogP contribution in [0.4, 0.5) is 10.8 Å². The highest BCUT2D eigenvalue weighted by Crippen LogP contribution is 2.33. The Kier molecular flexibility index (Phi) is 3.48. The van der Waals surface area contributed by atoms with Crippen LogP contribution < -0.4 is 5.32 Å². The summed E-state index contributed by atoms with van der Waals surface area (Å²) in [5.41, 5.74) is 3.17. The van der Waals surface area contributed by atoms with Gasteiger partial charge in [-0.3, -0.25) is 0 Å². The molecule has 5 heteroatoms. The lowest BCUT2D eigenvalue weighted by Crippen LogP contribution is -1.91. The molecule has 1 aromatic heterocycles. The third-order valence-corrected chi connectivity index (χ3v) is 5.01. The van der Waals surface area contributed by atoms with Crippen molar-refractivity contribution in [3.8, 4) is 0 Å². The van der Waals surface area contributed by atoms with Gasteiger partial charge in [-0.1, -0.05) is 35.1 Å². The van der Waals surface area contributed by atoms with E-state index in [-0.39, 0.29) is 0 Å². The van der Waals surface area contributed by atoms with E-state index in [1.165, 1.54) is 5.56 Å². The van der Waals surface area contributed by atoms with Gasteiger partial charge in [-0.25, -0.2) is 4.98 Å². The average molecular weight is 354 g/mol. The van der Waals surface area contributed by atoms with E-state index in [2.05, 4.69) is 39.2 Å². The van der Waals surface area contributed by atoms with Gasteiger partial charge in [-0.2, -0.15) is 0 Å². The number of nitrogens with one attached hydrogen (secondary N) is 1. The number of thiazole rings is 1. The Morgan fingerprint density at radius 2 is 2.11 bits per heavy atom. The van der Waals surface area contributed by atoms with Gasteiger partial charge in [0.2, 0.25) is 0 Å². The fourth-order valence-electron chi connectivity index (χ4n) is 1.81. The summed E-state index contributed by atoms with van der Waals surface area (Å²) in [6, 6.07) is 11.8. The second-order valence-corrected chi connectivity index (χ2v) is 6.45. The topological polar surface area (TPSA) is 24.9 Å². The van der Waals surface area contributed by atoms with Gasteiger partial charge in [0.05, 0.1) is 15.9 Å². The van der Waals surface area contributed by atoms with Crippen LogP contribution in [-0.4, -0.2) is 4.98 Å². The van der Waals surface area contributed by atoms with Crippen molar-refractivity contribution in [1.82, 2.24) is 4.98 Å². The SMILES string of the molecule is Cc1cccc(Nc2nc3ccc(Cl)cc3s2)c1Br. The molecular formula is C14H10BrClN2S. The first kappa shape index (κ1) is 12.9. The fraction of sp³-hybridized carbons (Fsp3) is 0.0714. The first-order valence-electron chi connectivity index (χ1n) is 5.72. The van der Waals surface area contributed by atoms with E-state index in [0.29, 0.717) is 0 Å². The molecule has 2 aromatic carbocycles. The van der Waals surface area contributed by atoms with E-state index >= 15 is 0 Å². The molecule has 2 nitrogen and oxygen atoms in total. The molecule has 0 amide bonds. The summed E-state index contributed by atoms with van der Waals surface area (Å²) >= 11 is 11.2. The van der Waals surface area contributed by atoms with Crippen LogP contribution in [0.5, 0.6) is 0 Å². The van der Waals surface area contributed by atoms with Crippen LogP contribution in [0.15, 0.2) is 40.9 Å². The number of aromatic nitrogens is 1. The normalized spacial score (nSPS) is 10.9. The van der Waals surface area contributed by atoms with Crippen LogP contribution in [0.2, 0.25) is 5.02 Å². The van der Waals surface area contributed by atoms with E-state index in [0.717, 1.165) is 30.5 Å². The van der Waals surface area contributed by atoms with Crippen molar-refractivity contribution in [1.29, 1.82) is 0 Å². The predicted octanol–water partition coefficient (Wildman–Crippen LogP) is 5.76. The molecule has 0 aliphatic heterocycles. The zero-order chi connectivity index (χ0) is 13.4. The molecule has 0 spiro atoms. The minimum atomic E-state index is 0.736. The summed E-state index contributed by atoms with van der Waals surface area (Å²) in [4.78, 5) is 4.55. The lowest BCUT2D eigenvalue weighted by Gasteiger charge is -2.07. The molecular weight excluding hydrogens is 344 g/mol. The lowest BCUT2D eigenvalue weighted by atomic mass is 10.2. The molecule has 0 saturated heterocycles. The summed E-state index contributed by atoms with van der Waals surface area (Å²) in [6.07, 6.45) is 0. The van der Waals surface area contributed by atoms with Crippen molar-refractivity contribution in [2.75, 3.05) is 5.32 Å². The smallest absolute Gasteiger partial charge is 0.188 e. The first-order chi connectivity index (χ1) is 9.13. The molecule has 0 saturated carbocycles. The third-order valence-electron chi connectivity index (χ3n) is 2.78. The van der Waals surface area contributed by atoms with Gasteiger partial charge in [0.15, 0.2) is 5.13 Å². The van der Waals surface area contributed by atoms with E-state index in [9.17, 15) is 0 Å². The number of hydrogen-bond acceptors (Lipinski definition) is 3. The minimum absolute atomic E-state index is 0.736. The monoisotopic (exact) mass is 352 g/mol. The number of aryl methyl sites for hydroxylation is 1. The van der Waals surface area contributed by atoms with Crippen LogP contribution in [0.3, 0.4) is 0 Å². The fourth-order valence-corrected chi connectivity index (χ4v) is 3.33. The summed E-state index contributed by atoms with van der Waals surface area (Å²) in [6.45, 7) is 2.06. The Hall–Kier alpha value is -1.10. The van der Waals surface area contributed by atoms with Crippen LogP contribution in [0, 0.1) is 6.92 Å². The summed E-state index contributed by atoms with van der Waals surface area (Å²) in [5, 5.41) is 4.94. The van der Waals surface area contributed by atoms with Crippen LogP contribution in [-0.2, 0) is 0 Å². The Bertz CT molecular complexity index is 754. The molecule has 0 aliphatic rings. The van der Waals surface area contributed by atoms with Gasteiger partial charge in [-0.15, -0.1) is 0 Å². The van der Waals surface area contributed by atoms with Gasteiger partial charge < -0.3 is 5.32 Å². The van der Waals surface area contributed by atoms with Crippen LogP contribution >= 0.6 is 38.9 Å². The molecule has 0 radical (unpaired) electrons. The second-order valence-electron chi connectivity index (χ2n) is 4.19. The largest absolute Gasteiger partial charge is 0.331 e. The van der Waals surface area contributed by atoms with Crippen molar-refractivity contribution in [2.45, 2.75) is 6.92 Å². The molecule has 1 N–H and O–H groups in total. The summed E-state index contributed by atoms with van der Waals surface area (Å²) in [5.74, 6) is 0. The molecule has 19 heavy (non-hydrogen) atoms. The van der Waals surface area contributed by atoms with Crippen molar-refractivity contribution in [3.63, 3.8) is 0 Å². The Balaban J connectivity index is 1.99. The second kappa shape index (κ2) is 5.12. The number of halogens is 2. The predicted molar refractivity (Wildman–Crippen MR) is 86.8 cm³/mol. The molecule has 0 aliphatic carbocycles. The number of rotatable bonds is 2. The molecule has 3 aromatic rings. The highest BCUT2D eigenvalue weighted by Gasteiger charge is 2.07. The van der Waals surface area contributed by atoms with Crippen molar-refractivity contribution < 1.29 is 0 Å². The molecule has 0 fully saturated rings. The molecule has 3 rings (SSSR count). The standard InChI is InChI=1S/C14H10BrClN2S/c1-8-3-2-4-11(13(8)15)18-14-17-10-6-5-9(16)7-12(10)19-14/h2-7H,1H3,(H,17,18). The number of nitrogens with zero attached hydrogens (tertiary/aromatic N) is 1. The summed E-state index contributed by atoms with van der Waals surface area (Å²) in [7, 11) is 0. The summed E-state index contributed by atoms with van der Waals surface area (Å²) < 4.78 is 2.14. The van der Waals surface area contributed by atoms with Crippen LogP contribution in [0.1, 0.15) is 5.56 Å². The van der Waals surface area contributed by atoms with E-state index < -0.39 is 0 Å². The highest BCUT2D eigenvalue weighted by atomic mass is 79.9. The molecule has 0 bridgehead atoms. The Morgan fingerprint density at radius 1 is 1.26 bits per heavy atom. The van der Waals surface area contributed by atoms with Crippen molar-refractivity contribution in [2.24, 2.45) is 0 Å². The number of hydrogen-bond donors (Lipinski definition) is 1. The Morgan fingerprint density at radius 3 is 2.95 bits per heavy atom. The Labute approximate surface area is 128 Å². The highest BCUT2D eigenvalue weighted by molar-refractivity contribution is 9.10. The van der Waals surface area contributed by atoms with E-state index in [1.807, 2.05) is 30.3 Å². The van der Waals surface area contributed by atoms with Gasteiger partial charge in [0, 0.05) is 9.50 Å². The first-order valence-corrected chi connectivity index (χ1v) is 7.70. The average Bonchev–Trinajstić information content (AvgIpc) is 2.76. The number of anilines is 2. The molecule has 0 atom stereocenters. The number of benzene rings is 2. The number of fused-ring (bicyclic) bond motifs is 1. The zero-order valence-electron chi connectivity index (χ0n) is 10.1. The minimum Gasteiger partial charge on any atom is -0.331 e. The van der Waals surface area contributed by atoms with Gasteiger partial charge >= 0.3 is 0 Å². The van der Waals surface area contributed by atoms with E-state index in [1.54, 1.807) is 11.3 Å². The molecule has 1 heterocycles. The van der Waals surface area contributed by atoms with Crippen molar-refractivity contribution >= 4 is 59.9 Å². The third kappa shape index (κ3) is 2.61. The maximum Gasteiger partial charge on any atom is 0.188 e. The maximum atomic E-state index is 5.99. The van der Waals surface area contributed by atoms with Crippen LogP contribution in [0.25, 0.3) is 10.2 Å². The molecule has 96 valence electrons. The van der Waals surface area contributed by atoms with Crippen molar-refractivity contribution in [3.05, 3.63) is 51.5 Å². The quantitative estimate of drug-likeness (QED) is 0.633. The lowest BCUT2D eigenvalue weighted by molar-refractivity contribution is 1.39. The maximum absolute atomic E-state index is 5.99. The van der Waals surface area contributed by atoms with Gasteiger partial charge in [0.25, 0.3) is 0 Å². The van der Waals surface area contributed by atoms with Gasteiger partial charge in [0.1, 0.15) is 0 Å². The molecule has 0 unspecified atom stereocenters. The van der Waals surface area contributed by atoms with E-state index in [4.69, 9.17) is 11.6 Å².